The molecule has 0 aliphatic heterocycles. The van der Waals surface area contributed by atoms with Crippen LogP contribution in [0.15, 0.2) is 29.2 Å². The lowest BCUT2D eigenvalue weighted by molar-refractivity contribution is 0.102. The normalized spacial score (nSPS) is 10.3. The number of halogens is 2. The summed E-state index contributed by atoms with van der Waals surface area (Å²) in [5, 5.41) is 3.07. The van der Waals surface area contributed by atoms with E-state index in [4.69, 9.17) is 23.2 Å². The third kappa shape index (κ3) is 2.94. The number of rotatable bonds is 2. The molecule has 19 heavy (non-hydrogen) atoms. The molecule has 98 valence electrons. The Morgan fingerprint density at radius 1 is 1.32 bits per heavy atom. The van der Waals surface area contributed by atoms with Gasteiger partial charge in [0.2, 0.25) is 0 Å². The van der Waals surface area contributed by atoms with Gasteiger partial charge in [0.1, 0.15) is 11.4 Å². The predicted octanol–water partition coefficient (Wildman–Crippen LogP) is 2.64. The number of H-pyrrole nitrogens is 1. The van der Waals surface area contributed by atoms with E-state index >= 15 is 0 Å². The Kier molecular flexibility index (Phi) is 3.87. The van der Waals surface area contributed by atoms with Crippen molar-refractivity contribution in [3.8, 4) is 0 Å². The van der Waals surface area contributed by atoms with Crippen LogP contribution in [0.25, 0.3) is 0 Å². The molecular formula is C12H9Cl2N3O2. The van der Waals surface area contributed by atoms with Crippen molar-refractivity contribution in [3.63, 3.8) is 0 Å². The van der Waals surface area contributed by atoms with Crippen molar-refractivity contribution in [1.82, 2.24) is 9.97 Å². The molecule has 1 heterocycles. The Labute approximate surface area is 118 Å². The van der Waals surface area contributed by atoms with Gasteiger partial charge in [-0.25, -0.2) is 4.98 Å². The van der Waals surface area contributed by atoms with Crippen molar-refractivity contribution in [1.29, 1.82) is 0 Å². The van der Waals surface area contributed by atoms with E-state index < -0.39 is 11.5 Å². The summed E-state index contributed by atoms with van der Waals surface area (Å²) < 4.78 is 0. The van der Waals surface area contributed by atoms with Crippen LogP contribution in [0.2, 0.25) is 10.0 Å². The molecule has 5 nitrogen and oxygen atoms in total. The average molecular weight is 298 g/mol. The van der Waals surface area contributed by atoms with Crippen LogP contribution in [0.4, 0.5) is 5.69 Å². The third-order valence-corrected chi connectivity index (χ3v) is 3.00. The highest BCUT2D eigenvalue weighted by Crippen LogP contribution is 2.29. The van der Waals surface area contributed by atoms with Gasteiger partial charge in [-0.2, -0.15) is 0 Å². The van der Waals surface area contributed by atoms with Crippen molar-refractivity contribution >= 4 is 34.8 Å². The molecule has 0 fully saturated rings. The lowest BCUT2D eigenvalue weighted by atomic mass is 10.2. The topological polar surface area (TPSA) is 74.8 Å². The first-order valence-corrected chi connectivity index (χ1v) is 6.06. The van der Waals surface area contributed by atoms with Crippen LogP contribution in [0.1, 0.15) is 16.2 Å². The van der Waals surface area contributed by atoms with Crippen LogP contribution in [0.5, 0.6) is 0 Å². The van der Waals surface area contributed by atoms with E-state index in [0.717, 1.165) is 0 Å². The summed E-state index contributed by atoms with van der Waals surface area (Å²) in [6.07, 6.45) is 1.20. The second kappa shape index (κ2) is 5.42. The molecule has 0 atom stereocenters. The third-order valence-electron chi connectivity index (χ3n) is 2.37. The van der Waals surface area contributed by atoms with Gasteiger partial charge in [-0.1, -0.05) is 29.3 Å². The maximum Gasteiger partial charge on any atom is 0.263 e. The first-order chi connectivity index (χ1) is 8.99. The first kappa shape index (κ1) is 13.6. The van der Waals surface area contributed by atoms with Crippen LogP contribution in [0, 0.1) is 6.92 Å². The van der Waals surface area contributed by atoms with Crippen LogP contribution < -0.4 is 10.9 Å². The van der Waals surface area contributed by atoms with E-state index in [1.165, 1.54) is 6.20 Å². The molecule has 2 aromatic rings. The van der Waals surface area contributed by atoms with E-state index in [2.05, 4.69) is 15.3 Å². The van der Waals surface area contributed by atoms with Crippen LogP contribution in [-0.2, 0) is 0 Å². The molecule has 1 aromatic heterocycles. The molecule has 0 saturated carbocycles. The van der Waals surface area contributed by atoms with Gasteiger partial charge in [-0.05, 0) is 19.1 Å². The largest absolute Gasteiger partial charge is 0.319 e. The van der Waals surface area contributed by atoms with Crippen molar-refractivity contribution in [3.05, 3.63) is 56.2 Å². The Bertz CT molecular complexity index is 677. The summed E-state index contributed by atoms with van der Waals surface area (Å²) in [6.45, 7) is 1.62. The molecule has 0 aliphatic rings. The molecular weight excluding hydrogens is 289 g/mol. The fourth-order valence-electron chi connectivity index (χ4n) is 1.44. The lowest BCUT2D eigenvalue weighted by Crippen LogP contribution is -2.24. The SMILES string of the molecule is Cc1ncc(C(=O)Nc2c(Cl)cccc2Cl)c(=O)[nH]1. The summed E-state index contributed by atoms with van der Waals surface area (Å²) in [5.74, 6) is -0.193. The van der Waals surface area contributed by atoms with Gasteiger partial charge in [0.25, 0.3) is 11.5 Å². The highest BCUT2D eigenvalue weighted by Gasteiger charge is 2.14. The molecule has 1 amide bonds. The minimum absolute atomic E-state index is 0.110. The fraction of sp³-hybridized carbons (Fsp3) is 0.0833. The van der Waals surface area contributed by atoms with E-state index in [0.29, 0.717) is 5.82 Å². The zero-order chi connectivity index (χ0) is 14.0. The lowest BCUT2D eigenvalue weighted by Gasteiger charge is -2.08. The Morgan fingerprint density at radius 2 is 1.95 bits per heavy atom. The van der Waals surface area contributed by atoms with Gasteiger partial charge in [0.15, 0.2) is 0 Å². The number of aromatic amines is 1. The number of carbonyl (C=O) groups is 1. The number of hydrogen-bond acceptors (Lipinski definition) is 3. The average Bonchev–Trinajstić information content (AvgIpc) is 2.33. The predicted molar refractivity (Wildman–Crippen MR) is 74.0 cm³/mol. The fourth-order valence-corrected chi connectivity index (χ4v) is 1.94. The van der Waals surface area contributed by atoms with Crippen LogP contribution in [-0.4, -0.2) is 15.9 Å². The number of aryl methyl sites for hydroxylation is 1. The van der Waals surface area contributed by atoms with Crippen molar-refractivity contribution < 1.29 is 4.79 Å². The maximum atomic E-state index is 12.0. The number of benzene rings is 1. The van der Waals surface area contributed by atoms with Gasteiger partial charge in [-0.15, -0.1) is 0 Å². The maximum absolute atomic E-state index is 12.0. The van der Waals surface area contributed by atoms with Crippen molar-refractivity contribution in [2.45, 2.75) is 6.92 Å². The highest BCUT2D eigenvalue weighted by molar-refractivity contribution is 6.40. The van der Waals surface area contributed by atoms with E-state index in [1.807, 2.05) is 0 Å². The second-order valence-corrected chi connectivity index (χ2v) is 4.58. The molecule has 0 radical (unpaired) electrons. The Balaban J connectivity index is 2.34. The molecule has 2 rings (SSSR count). The van der Waals surface area contributed by atoms with Gasteiger partial charge in [0.05, 0.1) is 15.7 Å². The number of amides is 1. The number of aromatic nitrogens is 2. The molecule has 7 heteroatoms. The highest BCUT2D eigenvalue weighted by atomic mass is 35.5. The number of carbonyl (C=O) groups excluding carboxylic acids is 1. The van der Waals surface area contributed by atoms with E-state index in [1.54, 1.807) is 25.1 Å². The van der Waals surface area contributed by atoms with Gasteiger partial charge < -0.3 is 10.3 Å². The minimum Gasteiger partial charge on any atom is -0.319 e. The molecule has 0 spiro atoms. The summed E-state index contributed by atoms with van der Waals surface area (Å²) >= 11 is 11.9. The number of para-hydroxylation sites is 1. The Hall–Kier alpha value is -1.85. The van der Waals surface area contributed by atoms with E-state index in [9.17, 15) is 9.59 Å². The van der Waals surface area contributed by atoms with Crippen molar-refractivity contribution in [2.24, 2.45) is 0 Å². The molecule has 0 saturated heterocycles. The summed E-state index contributed by atoms with van der Waals surface area (Å²) in [4.78, 5) is 29.9. The van der Waals surface area contributed by atoms with Gasteiger partial charge in [0, 0.05) is 6.20 Å². The van der Waals surface area contributed by atoms with Crippen LogP contribution >= 0.6 is 23.2 Å². The minimum atomic E-state index is -0.622. The number of nitrogens with one attached hydrogen (secondary N) is 2. The van der Waals surface area contributed by atoms with Crippen LogP contribution in [0.3, 0.4) is 0 Å². The monoisotopic (exact) mass is 297 g/mol. The molecule has 0 aliphatic carbocycles. The van der Waals surface area contributed by atoms with E-state index in [-0.39, 0.29) is 21.3 Å². The van der Waals surface area contributed by atoms with Crippen molar-refractivity contribution in [2.75, 3.05) is 5.32 Å². The first-order valence-electron chi connectivity index (χ1n) is 5.30. The molecule has 0 unspecified atom stereocenters. The standard InChI is InChI=1S/C12H9Cl2N3O2/c1-6-15-5-7(11(18)16-6)12(19)17-10-8(13)3-2-4-9(10)14/h2-5H,1H3,(H,17,19)(H,15,16,18). The summed E-state index contributed by atoms with van der Waals surface area (Å²) in [5.41, 5.74) is -0.370. The molecule has 0 bridgehead atoms. The number of hydrogen-bond donors (Lipinski definition) is 2. The quantitative estimate of drug-likeness (QED) is 0.895. The summed E-state index contributed by atoms with van der Waals surface area (Å²) in [6, 6.07) is 4.82. The smallest absolute Gasteiger partial charge is 0.263 e. The van der Waals surface area contributed by atoms with Gasteiger partial charge >= 0.3 is 0 Å². The molecule has 1 aromatic carbocycles. The molecule has 2 N–H and O–H groups in total. The zero-order valence-corrected chi connectivity index (χ0v) is 11.3. The number of anilines is 1. The Morgan fingerprint density at radius 3 is 2.53 bits per heavy atom. The summed E-state index contributed by atoms with van der Waals surface area (Å²) in [7, 11) is 0. The second-order valence-electron chi connectivity index (χ2n) is 3.76. The zero-order valence-electron chi connectivity index (χ0n) is 9.83. The number of nitrogens with zero attached hydrogens (tertiary/aromatic N) is 1. The van der Waals surface area contributed by atoms with Gasteiger partial charge in [-0.3, -0.25) is 9.59 Å².